The molecule has 0 aliphatic carbocycles. The highest BCUT2D eigenvalue weighted by Gasteiger charge is 2.34. The largest absolute Gasteiger partial charge is 0.324 e. The number of hydrogen-bond donors (Lipinski definition) is 1. The minimum absolute atomic E-state index is 0.0810. The molecule has 2 fully saturated rings. The molecular formula is C17H26ClN3. The molecule has 3 nitrogen and oxygen atoms in total. The molecule has 2 saturated heterocycles. The quantitative estimate of drug-likeness (QED) is 0.928. The molecule has 3 unspecified atom stereocenters. The summed E-state index contributed by atoms with van der Waals surface area (Å²) in [5.74, 6) is 0. The second kappa shape index (κ2) is 6.66. The molecule has 3 atom stereocenters. The van der Waals surface area contributed by atoms with Crippen LogP contribution in [0.15, 0.2) is 24.3 Å². The highest BCUT2D eigenvalue weighted by atomic mass is 35.5. The predicted molar refractivity (Wildman–Crippen MR) is 88.6 cm³/mol. The minimum atomic E-state index is 0.0810. The van der Waals surface area contributed by atoms with Gasteiger partial charge < -0.3 is 5.73 Å². The number of rotatable bonds is 4. The Morgan fingerprint density at radius 2 is 2.24 bits per heavy atom. The molecule has 2 N–H and O–H groups in total. The van der Waals surface area contributed by atoms with Crippen LogP contribution in [0.4, 0.5) is 0 Å². The Hall–Kier alpha value is -0.610. The first-order valence-corrected chi connectivity index (χ1v) is 8.50. The molecule has 0 saturated carbocycles. The van der Waals surface area contributed by atoms with Crippen molar-refractivity contribution in [2.45, 2.75) is 44.3 Å². The molecule has 0 bridgehead atoms. The van der Waals surface area contributed by atoms with E-state index in [-0.39, 0.29) is 6.04 Å². The molecule has 0 radical (unpaired) electrons. The summed E-state index contributed by atoms with van der Waals surface area (Å²) in [4.78, 5) is 5.29. The fourth-order valence-electron chi connectivity index (χ4n) is 3.77. The first-order chi connectivity index (χ1) is 10.1. The van der Waals surface area contributed by atoms with Crippen LogP contribution in [0.2, 0.25) is 5.02 Å². The van der Waals surface area contributed by atoms with Crippen LogP contribution >= 0.6 is 11.6 Å². The maximum absolute atomic E-state index is 6.34. The standard InChI is InChI=1S/C17H26ClN3/c1-13-11-21-8-3-6-16(21)12-20(13)9-7-17(19)14-4-2-5-15(18)10-14/h2,4-5,10,13,16-17H,3,6-9,11-12,19H2,1H3. The number of fused-ring (bicyclic) bond motifs is 1. The summed E-state index contributed by atoms with van der Waals surface area (Å²) in [5, 5.41) is 0.774. The molecule has 2 aliphatic heterocycles. The van der Waals surface area contributed by atoms with E-state index < -0.39 is 0 Å². The second-order valence-electron chi connectivity index (χ2n) is 6.59. The third-order valence-electron chi connectivity index (χ3n) is 5.07. The summed E-state index contributed by atoms with van der Waals surface area (Å²) < 4.78 is 0. The summed E-state index contributed by atoms with van der Waals surface area (Å²) in [6, 6.07) is 9.46. The van der Waals surface area contributed by atoms with Crippen LogP contribution in [-0.4, -0.2) is 48.1 Å². The Morgan fingerprint density at radius 3 is 3.05 bits per heavy atom. The number of halogens is 1. The number of nitrogens with two attached hydrogens (primary N) is 1. The first kappa shape index (κ1) is 15.3. The topological polar surface area (TPSA) is 32.5 Å². The number of piperazine rings is 1. The van der Waals surface area contributed by atoms with Gasteiger partial charge in [-0.25, -0.2) is 0 Å². The SMILES string of the molecule is CC1CN2CCCC2CN1CCC(N)c1cccc(Cl)c1. The van der Waals surface area contributed by atoms with Crippen LogP contribution in [-0.2, 0) is 0 Å². The summed E-state index contributed by atoms with van der Waals surface area (Å²) in [5.41, 5.74) is 7.49. The Balaban J connectivity index is 1.54. The van der Waals surface area contributed by atoms with Gasteiger partial charge in [-0.3, -0.25) is 9.80 Å². The van der Waals surface area contributed by atoms with Gasteiger partial charge in [0.25, 0.3) is 0 Å². The van der Waals surface area contributed by atoms with Crippen LogP contribution in [0.5, 0.6) is 0 Å². The van der Waals surface area contributed by atoms with Crippen molar-refractivity contribution in [1.29, 1.82) is 0 Å². The van der Waals surface area contributed by atoms with E-state index in [2.05, 4.69) is 22.8 Å². The van der Waals surface area contributed by atoms with Crippen molar-refractivity contribution in [2.75, 3.05) is 26.2 Å². The zero-order chi connectivity index (χ0) is 14.8. The molecule has 4 heteroatoms. The average molecular weight is 308 g/mol. The fourth-order valence-corrected chi connectivity index (χ4v) is 3.97. The zero-order valence-electron chi connectivity index (χ0n) is 12.8. The van der Waals surface area contributed by atoms with Crippen molar-refractivity contribution in [3.05, 3.63) is 34.9 Å². The third-order valence-corrected chi connectivity index (χ3v) is 5.31. The maximum Gasteiger partial charge on any atom is 0.0409 e. The molecule has 21 heavy (non-hydrogen) atoms. The third kappa shape index (κ3) is 3.59. The van der Waals surface area contributed by atoms with Crippen LogP contribution in [0.25, 0.3) is 0 Å². The second-order valence-corrected chi connectivity index (χ2v) is 7.02. The van der Waals surface area contributed by atoms with Crippen molar-refractivity contribution in [2.24, 2.45) is 5.73 Å². The molecule has 2 aliphatic rings. The molecule has 0 aromatic heterocycles. The Bertz CT molecular complexity index is 479. The lowest BCUT2D eigenvalue weighted by molar-refractivity contribution is 0.0575. The van der Waals surface area contributed by atoms with Gasteiger partial charge >= 0.3 is 0 Å². The molecule has 2 heterocycles. The molecule has 1 aromatic rings. The van der Waals surface area contributed by atoms with Crippen LogP contribution in [0.1, 0.15) is 37.8 Å². The smallest absolute Gasteiger partial charge is 0.0409 e. The number of nitrogens with zero attached hydrogens (tertiary/aromatic N) is 2. The summed E-state index contributed by atoms with van der Waals surface area (Å²) in [6.07, 6.45) is 3.73. The Labute approximate surface area is 133 Å². The lowest BCUT2D eigenvalue weighted by atomic mass is 10.0. The highest BCUT2D eigenvalue weighted by Crippen LogP contribution is 2.26. The Morgan fingerprint density at radius 1 is 1.38 bits per heavy atom. The van der Waals surface area contributed by atoms with Gasteiger partial charge in [-0.2, -0.15) is 0 Å². The van der Waals surface area contributed by atoms with Gasteiger partial charge in [0, 0.05) is 42.8 Å². The van der Waals surface area contributed by atoms with Crippen molar-refractivity contribution in [1.82, 2.24) is 9.80 Å². The van der Waals surface area contributed by atoms with Gasteiger partial charge in [0.05, 0.1) is 0 Å². The van der Waals surface area contributed by atoms with E-state index in [1.54, 1.807) is 0 Å². The van der Waals surface area contributed by atoms with E-state index in [1.807, 2.05) is 18.2 Å². The van der Waals surface area contributed by atoms with Crippen LogP contribution in [0, 0.1) is 0 Å². The summed E-state index contributed by atoms with van der Waals surface area (Å²) in [7, 11) is 0. The van der Waals surface area contributed by atoms with Crippen molar-refractivity contribution in [3.8, 4) is 0 Å². The summed E-state index contributed by atoms with van der Waals surface area (Å²) in [6.45, 7) is 7.16. The lowest BCUT2D eigenvalue weighted by Gasteiger charge is -2.42. The Kier molecular flexibility index (Phi) is 4.85. The first-order valence-electron chi connectivity index (χ1n) is 8.12. The minimum Gasteiger partial charge on any atom is -0.324 e. The van der Waals surface area contributed by atoms with E-state index in [4.69, 9.17) is 17.3 Å². The van der Waals surface area contributed by atoms with Gasteiger partial charge in [0.1, 0.15) is 0 Å². The normalized spacial score (nSPS) is 28.5. The van der Waals surface area contributed by atoms with E-state index in [9.17, 15) is 0 Å². The monoisotopic (exact) mass is 307 g/mol. The molecule has 116 valence electrons. The summed E-state index contributed by atoms with van der Waals surface area (Å²) >= 11 is 6.05. The molecule has 0 amide bonds. The van der Waals surface area contributed by atoms with E-state index in [1.165, 1.54) is 32.5 Å². The molecule has 0 spiro atoms. The fraction of sp³-hybridized carbons (Fsp3) is 0.647. The van der Waals surface area contributed by atoms with E-state index in [0.717, 1.165) is 29.6 Å². The van der Waals surface area contributed by atoms with Gasteiger partial charge in [-0.15, -0.1) is 0 Å². The van der Waals surface area contributed by atoms with Crippen molar-refractivity contribution < 1.29 is 0 Å². The van der Waals surface area contributed by atoms with Crippen molar-refractivity contribution in [3.63, 3.8) is 0 Å². The van der Waals surface area contributed by atoms with Gasteiger partial charge in [0.2, 0.25) is 0 Å². The molecular weight excluding hydrogens is 282 g/mol. The maximum atomic E-state index is 6.34. The van der Waals surface area contributed by atoms with Crippen LogP contribution < -0.4 is 5.73 Å². The lowest BCUT2D eigenvalue weighted by Crippen LogP contribution is -2.55. The zero-order valence-corrected chi connectivity index (χ0v) is 13.6. The predicted octanol–water partition coefficient (Wildman–Crippen LogP) is 2.90. The van der Waals surface area contributed by atoms with E-state index >= 15 is 0 Å². The number of benzene rings is 1. The van der Waals surface area contributed by atoms with Gasteiger partial charge in [-0.1, -0.05) is 23.7 Å². The van der Waals surface area contributed by atoms with E-state index in [0.29, 0.717) is 6.04 Å². The number of hydrogen-bond acceptors (Lipinski definition) is 3. The van der Waals surface area contributed by atoms with Gasteiger partial charge in [0.15, 0.2) is 0 Å². The highest BCUT2D eigenvalue weighted by molar-refractivity contribution is 6.30. The van der Waals surface area contributed by atoms with Gasteiger partial charge in [-0.05, 0) is 50.4 Å². The van der Waals surface area contributed by atoms with Crippen molar-refractivity contribution >= 4 is 11.6 Å². The van der Waals surface area contributed by atoms with Crippen LogP contribution in [0.3, 0.4) is 0 Å². The molecule has 1 aromatic carbocycles. The molecule has 3 rings (SSSR count). The average Bonchev–Trinajstić information content (AvgIpc) is 2.91.